The largest absolute Gasteiger partial charge is 0.493 e. The normalized spacial score (nSPS) is 16.6. The summed E-state index contributed by atoms with van der Waals surface area (Å²) in [6.07, 6.45) is 1.74. The Morgan fingerprint density at radius 1 is 1.03 bits per heavy atom. The van der Waals surface area contributed by atoms with E-state index in [0.29, 0.717) is 39.0 Å². The Morgan fingerprint density at radius 2 is 1.72 bits per heavy atom. The fraction of sp³-hybridized carbons (Fsp3) is 0.379. The van der Waals surface area contributed by atoms with Crippen LogP contribution in [0.2, 0.25) is 5.02 Å². The van der Waals surface area contributed by atoms with Crippen LogP contribution in [-0.4, -0.2) is 59.0 Å². The topological polar surface area (TPSA) is 65.8 Å². The van der Waals surface area contributed by atoms with Crippen molar-refractivity contribution in [1.82, 2.24) is 14.5 Å². The first-order valence-electron chi connectivity index (χ1n) is 12.6. The second-order valence-electron chi connectivity index (χ2n) is 10.7. The van der Waals surface area contributed by atoms with E-state index in [1.54, 1.807) is 17.9 Å². The number of morpholine rings is 1. The number of methoxy groups -OCH3 is 1. The molecule has 0 radical (unpaired) electrons. The van der Waals surface area contributed by atoms with Gasteiger partial charge >= 0.3 is 0 Å². The minimum atomic E-state index is -0.205. The van der Waals surface area contributed by atoms with Gasteiger partial charge in [-0.05, 0) is 58.0 Å². The molecule has 1 aliphatic heterocycles. The molecule has 0 N–H and O–H groups in total. The highest BCUT2D eigenvalue weighted by molar-refractivity contribution is 7.21. The summed E-state index contributed by atoms with van der Waals surface area (Å²) in [5.41, 5.74) is 1.75. The van der Waals surface area contributed by atoms with E-state index in [-0.39, 0.29) is 29.2 Å². The van der Waals surface area contributed by atoms with Crippen LogP contribution in [0.3, 0.4) is 0 Å². The lowest BCUT2D eigenvalue weighted by Crippen LogP contribution is -2.57. The molecular weight excluding hydrogens is 557 g/mol. The van der Waals surface area contributed by atoms with Crippen LogP contribution < -0.4 is 15.0 Å². The molecule has 39 heavy (non-hydrogen) atoms. The van der Waals surface area contributed by atoms with Gasteiger partial charge in [0.2, 0.25) is 0 Å². The maximum absolute atomic E-state index is 13.4. The van der Waals surface area contributed by atoms with Gasteiger partial charge < -0.3 is 14.2 Å². The maximum atomic E-state index is 13.4. The Bertz CT molecular complexity index is 1500. The van der Waals surface area contributed by atoms with E-state index in [0.717, 1.165) is 30.2 Å². The fourth-order valence-electron chi connectivity index (χ4n) is 5.15. The molecule has 1 fully saturated rings. The molecule has 0 amide bonds. The molecule has 0 atom stereocenters. The van der Waals surface area contributed by atoms with Gasteiger partial charge in [0.15, 0.2) is 11.5 Å². The third kappa shape index (κ3) is 6.58. The molecule has 2 aromatic carbocycles. The smallest absolute Gasteiger partial charge is 0.274 e. The van der Waals surface area contributed by atoms with E-state index in [1.807, 2.05) is 48.5 Å². The first-order chi connectivity index (χ1) is 18.0. The molecule has 1 aliphatic rings. The highest BCUT2D eigenvalue weighted by Gasteiger charge is 2.37. The van der Waals surface area contributed by atoms with Crippen LogP contribution in [0.25, 0.3) is 26.5 Å². The zero-order chi connectivity index (χ0) is 27.1. The monoisotopic (exact) mass is 589 g/mol. The molecule has 10 heteroatoms. The zero-order valence-electron chi connectivity index (χ0n) is 22.7. The molecule has 0 saturated carbocycles. The number of halogens is 2. The van der Waals surface area contributed by atoms with Crippen molar-refractivity contribution >= 4 is 45.6 Å². The van der Waals surface area contributed by atoms with Crippen LogP contribution in [0.4, 0.5) is 0 Å². The van der Waals surface area contributed by atoms with E-state index < -0.39 is 0 Å². The second kappa shape index (κ2) is 11.5. The van der Waals surface area contributed by atoms with Crippen molar-refractivity contribution < 1.29 is 14.2 Å². The van der Waals surface area contributed by atoms with Crippen LogP contribution in [0.15, 0.2) is 59.5 Å². The number of benzene rings is 2. The number of thiazole rings is 1. The van der Waals surface area contributed by atoms with Gasteiger partial charge in [-0.3, -0.25) is 14.3 Å². The zero-order valence-corrected chi connectivity index (χ0v) is 25.1. The molecule has 0 unspecified atom stereocenters. The number of ether oxygens (including phenoxy) is 3. The Labute approximate surface area is 243 Å². The number of hydrogen-bond acceptors (Lipinski definition) is 7. The summed E-state index contributed by atoms with van der Waals surface area (Å²) in [6, 6.07) is 14.8. The number of hydrogen-bond donors (Lipinski definition) is 0. The standard InChI is InChI=1S/C29H32ClN3O4S.ClH/c1-28(2)17-32(18-29(3,4)37-28)14-15-36-23-11-10-21(16-24(23)35-5)33-13-12-22-25(27(33)34)38-26(31-22)19-6-8-20(30)9-7-19;/h6-13,16H,14-15,17-18H2,1-5H3;1H. The number of nitrogens with zero attached hydrogens (tertiary/aromatic N) is 3. The maximum Gasteiger partial charge on any atom is 0.274 e. The number of rotatable bonds is 7. The van der Waals surface area contributed by atoms with E-state index >= 15 is 0 Å². The minimum absolute atomic E-state index is 0. The summed E-state index contributed by atoms with van der Waals surface area (Å²) in [5.74, 6) is 1.21. The lowest BCUT2D eigenvalue weighted by Gasteiger charge is -2.47. The van der Waals surface area contributed by atoms with Gasteiger partial charge in [-0.2, -0.15) is 0 Å². The average molecular weight is 591 g/mol. The van der Waals surface area contributed by atoms with Crippen molar-refractivity contribution in [2.75, 3.05) is 33.4 Å². The highest BCUT2D eigenvalue weighted by Crippen LogP contribution is 2.32. The summed E-state index contributed by atoms with van der Waals surface area (Å²) in [7, 11) is 1.60. The van der Waals surface area contributed by atoms with Crippen LogP contribution >= 0.6 is 35.3 Å². The highest BCUT2D eigenvalue weighted by atomic mass is 35.5. The lowest BCUT2D eigenvalue weighted by molar-refractivity contribution is -0.181. The molecule has 1 saturated heterocycles. The number of pyridine rings is 1. The summed E-state index contributed by atoms with van der Waals surface area (Å²) < 4.78 is 20.1. The lowest BCUT2D eigenvalue weighted by atomic mass is 9.99. The quantitative estimate of drug-likeness (QED) is 0.246. The van der Waals surface area contributed by atoms with Crippen LogP contribution in [0.1, 0.15) is 27.7 Å². The minimum Gasteiger partial charge on any atom is -0.493 e. The van der Waals surface area contributed by atoms with Gasteiger partial charge in [-0.1, -0.05) is 23.7 Å². The average Bonchev–Trinajstić information content (AvgIpc) is 3.28. The third-order valence-electron chi connectivity index (χ3n) is 6.39. The molecular formula is C29H33Cl2N3O4S. The summed E-state index contributed by atoms with van der Waals surface area (Å²) in [4.78, 5) is 20.4. The molecule has 3 heterocycles. The third-order valence-corrected chi connectivity index (χ3v) is 7.75. The molecule has 208 valence electrons. The van der Waals surface area contributed by atoms with E-state index in [2.05, 4.69) is 37.6 Å². The molecule has 4 aromatic rings. The molecule has 7 nitrogen and oxygen atoms in total. The van der Waals surface area contributed by atoms with Crippen molar-refractivity contribution in [3.63, 3.8) is 0 Å². The van der Waals surface area contributed by atoms with Crippen LogP contribution in [0.5, 0.6) is 11.5 Å². The molecule has 0 bridgehead atoms. The van der Waals surface area contributed by atoms with Crippen molar-refractivity contribution in [3.8, 4) is 27.8 Å². The first-order valence-corrected chi connectivity index (χ1v) is 13.7. The Morgan fingerprint density at radius 3 is 2.38 bits per heavy atom. The van der Waals surface area contributed by atoms with Gasteiger partial charge in [0.25, 0.3) is 5.56 Å². The van der Waals surface area contributed by atoms with Crippen molar-refractivity contribution in [2.45, 2.75) is 38.9 Å². The Balaban J connectivity index is 0.00000353. The van der Waals surface area contributed by atoms with Crippen molar-refractivity contribution in [3.05, 3.63) is 70.1 Å². The molecule has 0 spiro atoms. The Hall–Kier alpha value is -2.62. The first kappa shape index (κ1) is 29.4. The predicted octanol–water partition coefficient (Wildman–Crippen LogP) is 6.47. The fourth-order valence-corrected chi connectivity index (χ4v) is 6.27. The summed E-state index contributed by atoms with van der Waals surface area (Å²) in [6.45, 7) is 11.5. The van der Waals surface area contributed by atoms with Gasteiger partial charge in [0.05, 0.1) is 29.5 Å². The van der Waals surface area contributed by atoms with Crippen LogP contribution in [0, 0.1) is 0 Å². The second-order valence-corrected chi connectivity index (χ2v) is 12.2. The summed E-state index contributed by atoms with van der Waals surface area (Å²) in [5, 5.41) is 1.44. The van der Waals surface area contributed by atoms with Gasteiger partial charge in [-0.25, -0.2) is 4.98 Å². The summed E-state index contributed by atoms with van der Waals surface area (Å²) >= 11 is 7.39. The van der Waals surface area contributed by atoms with Gasteiger partial charge in [0.1, 0.15) is 16.3 Å². The van der Waals surface area contributed by atoms with E-state index in [9.17, 15) is 4.79 Å². The van der Waals surface area contributed by atoms with Gasteiger partial charge in [-0.15, -0.1) is 23.7 Å². The van der Waals surface area contributed by atoms with Gasteiger partial charge in [0, 0.05) is 42.5 Å². The molecule has 5 rings (SSSR count). The number of aromatic nitrogens is 2. The predicted molar refractivity (Wildman–Crippen MR) is 161 cm³/mol. The van der Waals surface area contributed by atoms with E-state index in [1.165, 1.54) is 11.3 Å². The van der Waals surface area contributed by atoms with Crippen LogP contribution in [-0.2, 0) is 4.74 Å². The van der Waals surface area contributed by atoms with E-state index in [4.69, 9.17) is 25.8 Å². The molecule has 0 aliphatic carbocycles. The Kier molecular flexibility index (Phi) is 8.64. The SMILES string of the molecule is COc1cc(-n2ccc3nc(-c4ccc(Cl)cc4)sc3c2=O)ccc1OCCN1CC(C)(C)OC(C)(C)C1.Cl. The number of fused-ring (bicyclic) bond motifs is 1. The molecule has 2 aromatic heterocycles. The van der Waals surface area contributed by atoms with Crippen molar-refractivity contribution in [1.29, 1.82) is 0 Å². The van der Waals surface area contributed by atoms with Crippen molar-refractivity contribution in [2.24, 2.45) is 0 Å².